The number of aliphatic hydroxyl groups excluding tert-OH is 2. The largest absolute Gasteiger partial charge is 0.395 e. The third-order valence-corrected chi connectivity index (χ3v) is 2.95. The predicted molar refractivity (Wildman–Crippen MR) is 62.9 cm³/mol. The quantitative estimate of drug-likeness (QED) is 0.738. The van der Waals surface area contributed by atoms with E-state index < -0.39 is 6.10 Å². The van der Waals surface area contributed by atoms with Gasteiger partial charge in [-0.15, -0.1) is 0 Å². The van der Waals surface area contributed by atoms with E-state index in [0.717, 1.165) is 13.1 Å². The summed E-state index contributed by atoms with van der Waals surface area (Å²) in [6.45, 7) is 1.52. The van der Waals surface area contributed by atoms with Gasteiger partial charge in [0.15, 0.2) is 0 Å². The van der Waals surface area contributed by atoms with Gasteiger partial charge in [0, 0.05) is 13.1 Å². The summed E-state index contributed by atoms with van der Waals surface area (Å²) < 4.78 is 0. The molecule has 86 valence electrons. The summed E-state index contributed by atoms with van der Waals surface area (Å²) in [7, 11) is 0. The van der Waals surface area contributed by atoms with Gasteiger partial charge in [-0.2, -0.15) is 0 Å². The van der Waals surface area contributed by atoms with Crippen LogP contribution in [0.1, 0.15) is 5.56 Å². The lowest BCUT2D eigenvalue weighted by Crippen LogP contribution is -2.47. The highest BCUT2D eigenvalue weighted by molar-refractivity contribution is 5.15. The molecule has 1 heterocycles. The van der Waals surface area contributed by atoms with Gasteiger partial charge in [0.25, 0.3) is 0 Å². The van der Waals surface area contributed by atoms with Gasteiger partial charge in [0.2, 0.25) is 0 Å². The predicted octanol–water partition coefficient (Wildman–Crippen LogP) is 0.780. The zero-order valence-corrected chi connectivity index (χ0v) is 9.16. The van der Waals surface area contributed by atoms with Crippen LogP contribution in [-0.4, -0.2) is 40.4 Å². The van der Waals surface area contributed by atoms with Gasteiger partial charge in [-0.1, -0.05) is 42.5 Å². The maximum atomic E-state index is 9.73. The van der Waals surface area contributed by atoms with E-state index in [-0.39, 0.29) is 12.6 Å². The van der Waals surface area contributed by atoms with E-state index >= 15 is 0 Å². The zero-order chi connectivity index (χ0) is 11.4. The third kappa shape index (κ3) is 2.50. The Balaban J connectivity index is 2.06. The van der Waals surface area contributed by atoms with Crippen LogP contribution in [0.2, 0.25) is 0 Å². The molecule has 0 unspecified atom stereocenters. The number of hydrogen-bond acceptors (Lipinski definition) is 3. The highest BCUT2D eigenvalue weighted by atomic mass is 16.3. The van der Waals surface area contributed by atoms with E-state index in [1.54, 1.807) is 6.08 Å². The maximum absolute atomic E-state index is 9.73. The van der Waals surface area contributed by atoms with Gasteiger partial charge >= 0.3 is 0 Å². The second kappa shape index (κ2) is 5.25. The Kier molecular flexibility index (Phi) is 3.72. The molecule has 2 N–H and O–H groups in total. The minimum Gasteiger partial charge on any atom is -0.395 e. The van der Waals surface area contributed by atoms with Gasteiger partial charge in [-0.3, -0.25) is 4.90 Å². The lowest BCUT2D eigenvalue weighted by atomic mass is 10.0. The molecule has 0 saturated carbocycles. The van der Waals surface area contributed by atoms with Crippen molar-refractivity contribution in [1.29, 1.82) is 0 Å². The normalized spacial score (nSPS) is 25.9. The first kappa shape index (κ1) is 11.3. The zero-order valence-electron chi connectivity index (χ0n) is 9.16. The van der Waals surface area contributed by atoms with Crippen LogP contribution in [0.15, 0.2) is 42.5 Å². The highest BCUT2D eigenvalue weighted by Gasteiger charge is 2.25. The van der Waals surface area contributed by atoms with Crippen molar-refractivity contribution in [2.24, 2.45) is 0 Å². The van der Waals surface area contributed by atoms with Crippen LogP contribution in [0.5, 0.6) is 0 Å². The molecule has 3 heteroatoms. The van der Waals surface area contributed by atoms with E-state index in [0.29, 0.717) is 0 Å². The van der Waals surface area contributed by atoms with Crippen LogP contribution >= 0.6 is 0 Å². The van der Waals surface area contributed by atoms with Crippen LogP contribution in [0, 0.1) is 0 Å². The Morgan fingerprint density at radius 3 is 2.69 bits per heavy atom. The number of rotatable bonds is 3. The molecule has 1 aliphatic rings. The van der Waals surface area contributed by atoms with Crippen molar-refractivity contribution in [2.75, 3.05) is 13.2 Å². The molecule has 2 rings (SSSR count). The van der Waals surface area contributed by atoms with Gasteiger partial charge in [0.05, 0.1) is 18.8 Å². The standard InChI is InChI=1S/C13H17NO2/c15-10-12-13(16)7-4-8-14(12)9-11-5-2-1-3-6-11/h1-7,12-13,15-16H,8-10H2/t12-,13+/m1/s1. The first-order chi connectivity index (χ1) is 7.81. The molecule has 1 aromatic carbocycles. The molecule has 16 heavy (non-hydrogen) atoms. The summed E-state index contributed by atoms with van der Waals surface area (Å²) in [6.07, 6.45) is 3.13. The Morgan fingerprint density at radius 1 is 1.25 bits per heavy atom. The van der Waals surface area contributed by atoms with Crippen molar-refractivity contribution in [3.05, 3.63) is 48.0 Å². The molecular weight excluding hydrogens is 202 g/mol. The minimum atomic E-state index is -0.567. The molecule has 2 atom stereocenters. The number of aliphatic hydroxyl groups is 2. The fourth-order valence-electron chi connectivity index (χ4n) is 2.04. The van der Waals surface area contributed by atoms with E-state index in [1.807, 2.05) is 24.3 Å². The summed E-state index contributed by atoms with van der Waals surface area (Å²) in [5.41, 5.74) is 1.20. The van der Waals surface area contributed by atoms with Crippen molar-refractivity contribution >= 4 is 0 Å². The third-order valence-electron chi connectivity index (χ3n) is 2.95. The first-order valence-corrected chi connectivity index (χ1v) is 5.55. The molecule has 0 amide bonds. The minimum absolute atomic E-state index is 0.0155. The van der Waals surface area contributed by atoms with Gasteiger partial charge in [0.1, 0.15) is 0 Å². The Hall–Kier alpha value is -1.16. The molecule has 3 nitrogen and oxygen atoms in total. The Labute approximate surface area is 95.6 Å². The van der Waals surface area contributed by atoms with E-state index in [2.05, 4.69) is 17.0 Å². The van der Waals surface area contributed by atoms with Gasteiger partial charge in [-0.25, -0.2) is 0 Å². The lowest BCUT2D eigenvalue weighted by molar-refractivity contribution is 0.0333. The molecule has 0 radical (unpaired) electrons. The summed E-state index contributed by atoms with van der Waals surface area (Å²) in [4.78, 5) is 2.08. The molecule has 0 bridgehead atoms. The number of benzene rings is 1. The SMILES string of the molecule is OC[C@@H]1[C@@H](O)C=CCN1Cc1ccccc1. The highest BCUT2D eigenvalue weighted by Crippen LogP contribution is 2.15. The second-order valence-electron chi connectivity index (χ2n) is 4.08. The smallest absolute Gasteiger partial charge is 0.0899 e. The fraction of sp³-hybridized carbons (Fsp3) is 0.385. The molecule has 0 spiro atoms. The van der Waals surface area contributed by atoms with Crippen molar-refractivity contribution in [1.82, 2.24) is 4.90 Å². The van der Waals surface area contributed by atoms with E-state index in [1.165, 1.54) is 5.56 Å². The molecule has 0 fully saturated rings. The van der Waals surface area contributed by atoms with Crippen LogP contribution in [0.25, 0.3) is 0 Å². The van der Waals surface area contributed by atoms with Crippen molar-refractivity contribution < 1.29 is 10.2 Å². The van der Waals surface area contributed by atoms with Crippen molar-refractivity contribution in [3.8, 4) is 0 Å². The van der Waals surface area contributed by atoms with Crippen molar-refractivity contribution in [2.45, 2.75) is 18.7 Å². The van der Waals surface area contributed by atoms with Crippen LogP contribution in [0.3, 0.4) is 0 Å². The summed E-state index contributed by atoms with van der Waals surface area (Å²) >= 11 is 0. The lowest BCUT2D eigenvalue weighted by Gasteiger charge is -2.34. The van der Waals surface area contributed by atoms with Crippen LogP contribution < -0.4 is 0 Å². The van der Waals surface area contributed by atoms with Crippen LogP contribution in [0.4, 0.5) is 0 Å². The molecule has 1 aromatic rings. The summed E-state index contributed by atoms with van der Waals surface area (Å²) in [6, 6.07) is 9.90. The Bertz CT molecular complexity index is 350. The van der Waals surface area contributed by atoms with Crippen molar-refractivity contribution in [3.63, 3.8) is 0 Å². The topological polar surface area (TPSA) is 43.7 Å². The van der Waals surface area contributed by atoms with Gasteiger partial charge in [-0.05, 0) is 5.56 Å². The molecular formula is C13H17NO2. The summed E-state index contributed by atoms with van der Waals surface area (Å²) in [5, 5.41) is 19.0. The molecule has 1 aliphatic heterocycles. The molecule has 0 saturated heterocycles. The number of nitrogens with zero attached hydrogens (tertiary/aromatic N) is 1. The average molecular weight is 219 g/mol. The second-order valence-corrected chi connectivity index (χ2v) is 4.08. The maximum Gasteiger partial charge on any atom is 0.0899 e. The molecule has 0 aliphatic carbocycles. The van der Waals surface area contributed by atoms with E-state index in [4.69, 9.17) is 0 Å². The van der Waals surface area contributed by atoms with Gasteiger partial charge < -0.3 is 10.2 Å². The number of hydrogen-bond donors (Lipinski definition) is 2. The first-order valence-electron chi connectivity index (χ1n) is 5.55. The molecule has 0 aromatic heterocycles. The van der Waals surface area contributed by atoms with E-state index in [9.17, 15) is 10.2 Å². The fourth-order valence-corrected chi connectivity index (χ4v) is 2.04. The van der Waals surface area contributed by atoms with Crippen LogP contribution in [-0.2, 0) is 6.54 Å². The summed E-state index contributed by atoms with van der Waals surface area (Å²) in [5.74, 6) is 0. The monoisotopic (exact) mass is 219 g/mol. The average Bonchev–Trinajstić information content (AvgIpc) is 2.31. The Morgan fingerprint density at radius 2 is 2.00 bits per heavy atom.